The van der Waals surface area contributed by atoms with Crippen molar-refractivity contribution in [1.29, 1.82) is 0 Å². The van der Waals surface area contributed by atoms with Crippen LogP contribution in [0.3, 0.4) is 0 Å². The monoisotopic (exact) mass is 478 g/mol. The third kappa shape index (κ3) is 10.6. The van der Waals surface area contributed by atoms with Crippen molar-refractivity contribution in [2.75, 3.05) is 40.3 Å². The molecule has 0 aliphatic rings. The molecule has 0 aromatic heterocycles. The van der Waals surface area contributed by atoms with Crippen molar-refractivity contribution >= 4 is 23.8 Å². The summed E-state index contributed by atoms with van der Waals surface area (Å²) in [5.41, 5.74) is 25.8. The second-order valence-corrected chi connectivity index (χ2v) is 8.00. The van der Waals surface area contributed by atoms with Crippen LogP contribution in [0, 0.1) is 0 Å². The van der Waals surface area contributed by atoms with Gasteiger partial charge in [-0.25, -0.2) is 4.99 Å². The van der Waals surface area contributed by atoms with Crippen LogP contribution < -0.4 is 22.9 Å². The Hall–Kier alpha value is -4.08. The minimum atomic E-state index is -0.0346. The lowest BCUT2D eigenvalue weighted by atomic mass is 10.1. The number of nitrogens with zero attached hydrogens (tertiary/aromatic N) is 6. The average Bonchev–Trinajstić information content (AvgIpc) is 2.86. The van der Waals surface area contributed by atoms with E-state index in [9.17, 15) is 0 Å². The first-order valence-electron chi connectivity index (χ1n) is 11.6. The summed E-state index contributed by atoms with van der Waals surface area (Å²) in [6.07, 6.45) is 2.70. The molecule has 0 aliphatic carbocycles. The van der Waals surface area contributed by atoms with E-state index in [2.05, 4.69) is 44.2 Å². The van der Waals surface area contributed by atoms with E-state index in [1.54, 1.807) is 7.05 Å². The Labute approximate surface area is 208 Å². The summed E-state index contributed by atoms with van der Waals surface area (Å²) in [5, 5.41) is 0. The molecule has 10 heteroatoms. The molecule has 0 amide bonds. The molecule has 0 saturated heterocycles. The topological polar surface area (TPSA) is 160 Å². The molecular weight excluding hydrogens is 440 g/mol. The van der Waals surface area contributed by atoms with Crippen LogP contribution >= 0.6 is 0 Å². The molecule has 2 aromatic carbocycles. The number of guanidine groups is 4. The van der Waals surface area contributed by atoms with Crippen molar-refractivity contribution in [2.45, 2.75) is 19.3 Å². The van der Waals surface area contributed by atoms with E-state index in [-0.39, 0.29) is 11.9 Å². The van der Waals surface area contributed by atoms with Crippen molar-refractivity contribution in [3.63, 3.8) is 0 Å². The molecule has 8 N–H and O–H groups in total. The highest BCUT2D eigenvalue weighted by molar-refractivity contribution is 5.94. The predicted octanol–water partition coefficient (Wildman–Crippen LogP) is 0.984. The Morgan fingerprint density at radius 2 is 1.37 bits per heavy atom. The lowest BCUT2D eigenvalue weighted by Gasteiger charge is -2.23. The summed E-state index contributed by atoms with van der Waals surface area (Å²) < 4.78 is 0. The zero-order valence-electron chi connectivity index (χ0n) is 20.7. The first-order chi connectivity index (χ1) is 16.9. The molecule has 0 atom stereocenters. The highest BCUT2D eigenvalue weighted by atomic mass is 15.3. The number of rotatable bonds is 10. The first-order valence-corrected chi connectivity index (χ1v) is 11.6. The fourth-order valence-corrected chi connectivity index (χ4v) is 3.38. The van der Waals surface area contributed by atoms with Gasteiger partial charge in [0.05, 0.1) is 6.54 Å². The molecule has 35 heavy (non-hydrogen) atoms. The van der Waals surface area contributed by atoms with E-state index in [1.807, 2.05) is 53.2 Å². The molecule has 0 radical (unpaired) electrons. The van der Waals surface area contributed by atoms with Crippen LogP contribution in [0.2, 0.25) is 0 Å². The molecule has 188 valence electrons. The molecule has 0 unspecified atom stereocenters. The molecule has 2 rings (SSSR count). The molecule has 10 nitrogen and oxygen atoms in total. The molecule has 0 spiro atoms. The Morgan fingerprint density at radius 1 is 0.771 bits per heavy atom. The van der Waals surface area contributed by atoms with Crippen molar-refractivity contribution in [1.82, 2.24) is 9.80 Å². The molecule has 0 aliphatic heterocycles. The molecule has 0 saturated carbocycles. The Bertz CT molecular complexity index is 995. The summed E-state index contributed by atoms with van der Waals surface area (Å²) in [7, 11) is 3.50. The van der Waals surface area contributed by atoms with Crippen LogP contribution in [-0.4, -0.2) is 73.9 Å². The largest absolute Gasteiger partial charge is 0.370 e. The van der Waals surface area contributed by atoms with Gasteiger partial charge in [-0.2, -0.15) is 9.98 Å². The Kier molecular flexibility index (Phi) is 11.6. The van der Waals surface area contributed by atoms with Crippen molar-refractivity contribution in [2.24, 2.45) is 42.9 Å². The third-order valence-corrected chi connectivity index (χ3v) is 5.29. The number of hydrogen-bond donors (Lipinski definition) is 4. The van der Waals surface area contributed by atoms with Gasteiger partial charge in [0.2, 0.25) is 11.9 Å². The van der Waals surface area contributed by atoms with E-state index in [1.165, 1.54) is 11.1 Å². The van der Waals surface area contributed by atoms with E-state index < -0.39 is 0 Å². The van der Waals surface area contributed by atoms with E-state index in [0.717, 1.165) is 25.8 Å². The van der Waals surface area contributed by atoms with Gasteiger partial charge in [0.25, 0.3) is 0 Å². The lowest BCUT2D eigenvalue weighted by Crippen LogP contribution is -2.41. The van der Waals surface area contributed by atoms with Gasteiger partial charge >= 0.3 is 0 Å². The molecule has 0 fully saturated rings. The van der Waals surface area contributed by atoms with Crippen LogP contribution in [-0.2, 0) is 12.8 Å². The minimum Gasteiger partial charge on any atom is -0.370 e. The summed E-state index contributed by atoms with van der Waals surface area (Å²) in [5.74, 6) is 0.854. The van der Waals surface area contributed by atoms with Crippen molar-refractivity contribution in [3.05, 3.63) is 71.8 Å². The van der Waals surface area contributed by atoms with E-state index in [0.29, 0.717) is 31.6 Å². The quantitative estimate of drug-likeness (QED) is 0.294. The van der Waals surface area contributed by atoms with Crippen molar-refractivity contribution < 1.29 is 0 Å². The number of aryl methyl sites for hydroxylation is 1. The molecule has 0 bridgehead atoms. The highest BCUT2D eigenvalue weighted by Gasteiger charge is 2.11. The van der Waals surface area contributed by atoms with Gasteiger partial charge in [-0.05, 0) is 30.4 Å². The fourth-order valence-electron chi connectivity index (χ4n) is 3.38. The summed E-state index contributed by atoms with van der Waals surface area (Å²) >= 11 is 0. The van der Waals surface area contributed by atoms with Gasteiger partial charge in [0.15, 0.2) is 11.9 Å². The zero-order valence-corrected chi connectivity index (χ0v) is 20.7. The summed E-state index contributed by atoms with van der Waals surface area (Å²) in [6.45, 7) is 2.34. The van der Waals surface area contributed by atoms with Gasteiger partial charge < -0.3 is 32.7 Å². The van der Waals surface area contributed by atoms with Crippen LogP contribution in [0.1, 0.15) is 17.5 Å². The van der Waals surface area contributed by atoms with Crippen LogP contribution in [0.4, 0.5) is 0 Å². The second-order valence-electron chi connectivity index (χ2n) is 8.00. The summed E-state index contributed by atoms with van der Waals surface area (Å²) in [6, 6.07) is 20.5. The number of nitrogens with two attached hydrogens (primary N) is 4. The van der Waals surface area contributed by atoms with Gasteiger partial charge in [0.1, 0.15) is 0 Å². The highest BCUT2D eigenvalue weighted by Crippen LogP contribution is 2.05. The molecule has 0 heterocycles. The molecular formula is C25H38N10. The van der Waals surface area contributed by atoms with Crippen molar-refractivity contribution in [3.8, 4) is 0 Å². The predicted molar refractivity (Wildman–Crippen MR) is 146 cm³/mol. The summed E-state index contributed by atoms with van der Waals surface area (Å²) in [4.78, 5) is 20.8. The van der Waals surface area contributed by atoms with Crippen LogP contribution in [0.25, 0.3) is 0 Å². The second kappa shape index (κ2) is 14.9. The number of benzene rings is 2. The van der Waals surface area contributed by atoms with Crippen LogP contribution in [0.5, 0.6) is 0 Å². The van der Waals surface area contributed by atoms with Gasteiger partial charge in [-0.3, -0.25) is 4.99 Å². The zero-order chi connectivity index (χ0) is 25.5. The molecule has 2 aromatic rings. The Morgan fingerprint density at radius 3 is 1.94 bits per heavy atom. The third-order valence-electron chi connectivity index (χ3n) is 5.29. The van der Waals surface area contributed by atoms with Crippen LogP contribution in [0.15, 0.2) is 80.6 Å². The van der Waals surface area contributed by atoms with Gasteiger partial charge in [0, 0.05) is 33.7 Å². The standard InChI is InChI=1S/C25H38N10/c1-30-23(28)33-24(29)35(18-15-21-12-7-4-8-13-21)19-16-31-25(32-22(26)27)34(2)17-9-14-20-10-5-3-6-11-20/h3-8,10-13H,9,14-19H2,1-2H3,(H4,26,27,31,32)(H4,28,29,30,33). The lowest BCUT2D eigenvalue weighted by molar-refractivity contribution is 0.425. The number of aliphatic imine (C=N–C) groups is 4. The maximum atomic E-state index is 6.23. The van der Waals surface area contributed by atoms with E-state index in [4.69, 9.17) is 22.9 Å². The van der Waals surface area contributed by atoms with Gasteiger partial charge in [-0.15, -0.1) is 0 Å². The SMILES string of the molecule is CN=C(N)N=C(N)N(CCN=C(N=C(N)N)N(C)CCCc1ccccc1)CCc1ccccc1. The maximum Gasteiger partial charge on any atom is 0.223 e. The smallest absolute Gasteiger partial charge is 0.223 e. The minimum absolute atomic E-state index is 0.0346. The average molecular weight is 479 g/mol. The maximum absolute atomic E-state index is 6.23. The van der Waals surface area contributed by atoms with E-state index >= 15 is 0 Å². The normalized spacial score (nSPS) is 12.3. The first kappa shape index (κ1) is 27.2. The number of hydrogen-bond acceptors (Lipinski definition) is 2. The Balaban J connectivity index is 2.04. The van der Waals surface area contributed by atoms with Gasteiger partial charge in [-0.1, -0.05) is 60.7 Å². The fraction of sp³-hybridized carbons (Fsp3) is 0.360.